The van der Waals surface area contributed by atoms with Crippen LogP contribution in [0.5, 0.6) is 0 Å². The zero-order valence-corrected chi connectivity index (χ0v) is 6.49. The molecule has 62 valence electrons. The fourth-order valence-electron chi connectivity index (χ4n) is 1.07. The Kier molecular flexibility index (Phi) is 6.45. The number of likely N-dealkylation sites (tertiary alicyclic amines) is 1. The molecule has 1 heterocycles. The molecule has 1 fully saturated rings. The van der Waals surface area contributed by atoms with E-state index in [-0.39, 0.29) is 6.47 Å². The molecule has 1 rings (SSSR count). The SMILES string of the molecule is C#CCN1CCCC1.O=CO. The standard InChI is InChI=1S/C7H11N.CH2O2/c1-2-5-8-6-3-4-7-8;2-1-3/h1H,3-7H2;1H,(H,2,3). The number of terminal acetylenes is 1. The summed E-state index contributed by atoms with van der Waals surface area (Å²) >= 11 is 0. The van der Waals surface area contributed by atoms with Crippen LogP contribution in [0.15, 0.2) is 0 Å². The highest BCUT2D eigenvalue weighted by Gasteiger charge is 2.08. The minimum atomic E-state index is -0.250. The Balaban J connectivity index is 0.000000292. The Bertz CT molecular complexity index is 134. The van der Waals surface area contributed by atoms with Crippen LogP contribution in [-0.4, -0.2) is 36.1 Å². The van der Waals surface area contributed by atoms with E-state index in [4.69, 9.17) is 16.3 Å². The lowest BCUT2D eigenvalue weighted by Crippen LogP contribution is -2.18. The maximum absolute atomic E-state index is 8.36. The normalized spacial score (nSPS) is 16.3. The fourth-order valence-corrected chi connectivity index (χ4v) is 1.07. The summed E-state index contributed by atoms with van der Waals surface area (Å²) in [5.41, 5.74) is 0. The van der Waals surface area contributed by atoms with Gasteiger partial charge in [0.25, 0.3) is 6.47 Å². The molecule has 0 bridgehead atoms. The third kappa shape index (κ3) is 5.43. The van der Waals surface area contributed by atoms with Gasteiger partial charge in [0.05, 0.1) is 6.54 Å². The number of carbonyl (C=O) groups is 1. The molecule has 1 aliphatic rings. The van der Waals surface area contributed by atoms with Gasteiger partial charge in [-0.1, -0.05) is 5.92 Å². The minimum absolute atomic E-state index is 0.250. The largest absolute Gasteiger partial charge is 0.483 e. The van der Waals surface area contributed by atoms with E-state index in [0.717, 1.165) is 6.54 Å². The van der Waals surface area contributed by atoms with E-state index in [9.17, 15) is 0 Å². The average Bonchev–Trinajstić information content (AvgIpc) is 2.42. The van der Waals surface area contributed by atoms with Crippen molar-refractivity contribution >= 4 is 6.47 Å². The minimum Gasteiger partial charge on any atom is -0.483 e. The summed E-state index contributed by atoms with van der Waals surface area (Å²) < 4.78 is 0. The molecule has 0 atom stereocenters. The van der Waals surface area contributed by atoms with E-state index in [2.05, 4.69) is 10.8 Å². The number of nitrogens with zero attached hydrogens (tertiary/aromatic N) is 1. The van der Waals surface area contributed by atoms with E-state index in [1.165, 1.54) is 25.9 Å². The molecule has 0 saturated carbocycles. The maximum Gasteiger partial charge on any atom is 0.290 e. The Hall–Kier alpha value is -1.01. The summed E-state index contributed by atoms with van der Waals surface area (Å²) in [6.07, 6.45) is 7.79. The summed E-state index contributed by atoms with van der Waals surface area (Å²) in [4.78, 5) is 10.7. The van der Waals surface area contributed by atoms with Crippen LogP contribution in [0.3, 0.4) is 0 Å². The van der Waals surface area contributed by atoms with Crippen molar-refractivity contribution in [2.45, 2.75) is 12.8 Å². The van der Waals surface area contributed by atoms with Gasteiger partial charge in [-0.3, -0.25) is 9.69 Å². The second-order valence-corrected chi connectivity index (χ2v) is 2.29. The Morgan fingerprint density at radius 3 is 2.36 bits per heavy atom. The first-order valence-electron chi connectivity index (χ1n) is 3.58. The summed E-state index contributed by atoms with van der Waals surface area (Å²) in [6.45, 7) is 3.02. The van der Waals surface area contributed by atoms with Crippen molar-refractivity contribution in [3.63, 3.8) is 0 Å². The van der Waals surface area contributed by atoms with Gasteiger partial charge in [0, 0.05) is 0 Å². The molecule has 3 heteroatoms. The predicted molar refractivity (Wildman–Crippen MR) is 43.2 cm³/mol. The number of hydrogen-bond acceptors (Lipinski definition) is 2. The molecule has 1 saturated heterocycles. The molecule has 11 heavy (non-hydrogen) atoms. The lowest BCUT2D eigenvalue weighted by atomic mass is 10.4. The molecule has 0 radical (unpaired) electrons. The zero-order valence-electron chi connectivity index (χ0n) is 6.49. The van der Waals surface area contributed by atoms with Crippen LogP contribution >= 0.6 is 0 Å². The summed E-state index contributed by atoms with van der Waals surface area (Å²) in [7, 11) is 0. The number of rotatable bonds is 1. The second-order valence-electron chi connectivity index (χ2n) is 2.29. The van der Waals surface area contributed by atoms with Crippen LogP contribution in [0.1, 0.15) is 12.8 Å². The summed E-state index contributed by atoms with van der Waals surface area (Å²) in [5, 5.41) is 6.89. The molecule has 0 spiro atoms. The van der Waals surface area contributed by atoms with Gasteiger partial charge in [-0.25, -0.2) is 0 Å². The predicted octanol–water partition coefficient (Wildman–Crippen LogP) is 0.416. The molecule has 0 unspecified atom stereocenters. The van der Waals surface area contributed by atoms with Crippen LogP contribution in [0.25, 0.3) is 0 Å². The first-order chi connectivity index (χ1) is 5.35. The van der Waals surface area contributed by atoms with Crippen LogP contribution in [0, 0.1) is 12.3 Å². The molecule has 0 aromatic carbocycles. The van der Waals surface area contributed by atoms with Crippen molar-refractivity contribution < 1.29 is 9.90 Å². The number of hydrogen-bond donors (Lipinski definition) is 1. The molecular weight excluding hydrogens is 142 g/mol. The third-order valence-corrected chi connectivity index (χ3v) is 1.51. The highest BCUT2D eigenvalue weighted by Crippen LogP contribution is 2.04. The van der Waals surface area contributed by atoms with Gasteiger partial charge in [0.1, 0.15) is 0 Å². The van der Waals surface area contributed by atoms with Gasteiger partial charge in [-0.2, -0.15) is 0 Å². The highest BCUT2D eigenvalue weighted by molar-refractivity contribution is 5.32. The van der Waals surface area contributed by atoms with Crippen molar-refractivity contribution in [1.29, 1.82) is 0 Å². The zero-order chi connectivity index (χ0) is 8.53. The molecule has 1 aliphatic heterocycles. The van der Waals surface area contributed by atoms with E-state index in [1.807, 2.05) is 0 Å². The van der Waals surface area contributed by atoms with Crippen molar-refractivity contribution in [3.05, 3.63) is 0 Å². The molecule has 1 N–H and O–H groups in total. The van der Waals surface area contributed by atoms with Gasteiger partial charge >= 0.3 is 0 Å². The van der Waals surface area contributed by atoms with Gasteiger partial charge < -0.3 is 5.11 Å². The summed E-state index contributed by atoms with van der Waals surface area (Å²) in [6, 6.07) is 0. The van der Waals surface area contributed by atoms with E-state index >= 15 is 0 Å². The number of carboxylic acid groups (broad SMARTS) is 1. The molecule has 0 aromatic rings. The van der Waals surface area contributed by atoms with Crippen molar-refractivity contribution in [1.82, 2.24) is 4.90 Å². The second kappa shape index (κ2) is 7.10. The van der Waals surface area contributed by atoms with Gasteiger partial charge in [0.15, 0.2) is 0 Å². The van der Waals surface area contributed by atoms with Crippen molar-refractivity contribution in [2.75, 3.05) is 19.6 Å². The average molecular weight is 155 g/mol. The molecule has 0 aliphatic carbocycles. The molecule has 3 nitrogen and oxygen atoms in total. The smallest absolute Gasteiger partial charge is 0.290 e. The first-order valence-corrected chi connectivity index (χ1v) is 3.58. The molecule has 0 aromatic heterocycles. The third-order valence-electron chi connectivity index (χ3n) is 1.51. The monoisotopic (exact) mass is 155 g/mol. The van der Waals surface area contributed by atoms with Crippen molar-refractivity contribution in [2.24, 2.45) is 0 Å². The Morgan fingerprint density at radius 1 is 1.55 bits per heavy atom. The Morgan fingerprint density at radius 2 is 2.00 bits per heavy atom. The summed E-state index contributed by atoms with van der Waals surface area (Å²) in [5.74, 6) is 2.64. The van der Waals surface area contributed by atoms with Crippen LogP contribution < -0.4 is 0 Å². The van der Waals surface area contributed by atoms with E-state index < -0.39 is 0 Å². The lowest BCUT2D eigenvalue weighted by molar-refractivity contribution is -0.122. The lowest BCUT2D eigenvalue weighted by Gasteiger charge is -2.07. The fraction of sp³-hybridized carbons (Fsp3) is 0.625. The first kappa shape index (κ1) is 9.99. The van der Waals surface area contributed by atoms with E-state index in [0.29, 0.717) is 0 Å². The highest BCUT2D eigenvalue weighted by atomic mass is 16.3. The quantitative estimate of drug-likeness (QED) is 0.440. The molecular formula is C8H13NO2. The van der Waals surface area contributed by atoms with Gasteiger partial charge in [0.2, 0.25) is 0 Å². The maximum atomic E-state index is 8.36. The van der Waals surface area contributed by atoms with Crippen LogP contribution in [0.4, 0.5) is 0 Å². The Labute approximate surface area is 67.0 Å². The van der Waals surface area contributed by atoms with Crippen LogP contribution in [-0.2, 0) is 4.79 Å². The molecule has 0 amide bonds. The topological polar surface area (TPSA) is 40.5 Å². The van der Waals surface area contributed by atoms with Gasteiger partial charge in [-0.05, 0) is 25.9 Å². The van der Waals surface area contributed by atoms with E-state index in [1.54, 1.807) is 0 Å². The van der Waals surface area contributed by atoms with Crippen molar-refractivity contribution in [3.8, 4) is 12.3 Å². The van der Waals surface area contributed by atoms with Crippen LogP contribution in [0.2, 0.25) is 0 Å². The van der Waals surface area contributed by atoms with Gasteiger partial charge in [-0.15, -0.1) is 6.42 Å².